The number of thioether (sulfide) groups is 1. The van der Waals surface area contributed by atoms with Crippen molar-refractivity contribution in [2.24, 2.45) is 11.1 Å². The van der Waals surface area contributed by atoms with Gasteiger partial charge in [0.25, 0.3) is 0 Å². The second kappa shape index (κ2) is 6.68. The second-order valence-corrected chi connectivity index (χ2v) is 5.62. The summed E-state index contributed by atoms with van der Waals surface area (Å²) in [6.45, 7) is 8.35. The van der Waals surface area contributed by atoms with Gasteiger partial charge in [0.1, 0.15) is 0 Å². The Kier molecular flexibility index (Phi) is 6.82. The summed E-state index contributed by atoms with van der Waals surface area (Å²) < 4.78 is 5.00. The Morgan fingerprint density at radius 3 is 2.38 bits per heavy atom. The van der Waals surface area contributed by atoms with Crippen LogP contribution in [0.15, 0.2) is 0 Å². The summed E-state index contributed by atoms with van der Waals surface area (Å²) in [6.07, 6.45) is 1.12. The normalized spacial score (nSPS) is 14.5. The quantitative estimate of drug-likeness (QED) is 0.675. The summed E-state index contributed by atoms with van der Waals surface area (Å²) in [5, 5.41) is 0.560. The fourth-order valence-corrected chi connectivity index (χ4v) is 2.31. The third-order valence-corrected chi connectivity index (χ3v) is 3.82. The fourth-order valence-electron chi connectivity index (χ4n) is 1.10. The number of rotatable bonds is 6. The molecule has 3 heteroatoms. The van der Waals surface area contributed by atoms with Crippen molar-refractivity contribution in [3.05, 3.63) is 0 Å². The predicted octanol–water partition coefficient (Wildman–Crippen LogP) is 2.13. The molecule has 0 aromatic carbocycles. The molecule has 0 rings (SSSR count). The molecule has 13 heavy (non-hydrogen) atoms. The van der Waals surface area contributed by atoms with Crippen molar-refractivity contribution in [1.29, 1.82) is 0 Å². The SMILES string of the molecule is COCCCSC(CN)C(C)(C)C. The first-order valence-corrected chi connectivity index (χ1v) is 5.88. The number of hydrogen-bond acceptors (Lipinski definition) is 3. The molecule has 0 heterocycles. The van der Waals surface area contributed by atoms with E-state index in [-0.39, 0.29) is 0 Å². The van der Waals surface area contributed by atoms with Crippen LogP contribution in [0, 0.1) is 5.41 Å². The molecule has 0 amide bonds. The molecule has 0 spiro atoms. The van der Waals surface area contributed by atoms with Crippen LogP contribution in [0.5, 0.6) is 0 Å². The molecule has 2 N–H and O–H groups in total. The Hall–Kier alpha value is 0.270. The highest BCUT2D eigenvalue weighted by Crippen LogP contribution is 2.29. The molecule has 0 saturated carbocycles. The zero-order chi connectivity index (χ0) is 10.3. The van der Waals surface area contributed by atoms with Crippen molar-refractivity contribution in [2.45, 2.75) is 32.4 Å². The van der Waals surface area contributed by atoms with Crippen molar-refractivity contribution >= 4 is 11.8 Å². The van der Waals surface area contributed by atoms with Gasteiger partial charge in [-0.2, -0.15) is 11.8 Å². The molecule has 0 bridgehead atoms. The van der Waals surface area contributed by atoms with Crippen LogP contribution in [-0.2, 0) is 4.74 Å². The zero-order valence-corrected chi connectivity index (χ0v) is 10.1. The van der Waals surface area contributed by atoms with Gasteiger partial charge in [0.15, 0.2) is 0 Å². The van der Waals surface area contributed by atoms with E-state index in [0.29, 0.717) is 10.7 Å². The van der Waals surface area contributed by atoms with E-state index in [2.05, 4.69) is 20.8 Å². The Balaban J connectivity index is 3.61. The smallest absolute Gasteiger partial charge is 0.0470 e. The molecule has 0 aliphatic carbocycles. The van der Waals surface area contributed by atoms with Gasteiger partial charge in [0, 0.05) is 25.5 Å². The highest BCUT2D eigenvalue weighted by Gasteiger charge is 2.22. The van der Waals surface area contributed by atoms with Crippen molar-refractivity contribution in [1.82, 2.24) is 0 Å². The van der Waals surface area contributed by atoms with E-state index in [0.717, 1.165) is 25.3 Å². The summed E-state index contributed by atoms with van der Waals surface area (Å²) >= 11 is 1.96. The molecule has 1 unspecified atom stereocenters. The van der Waals surface area contributed by atoms with Crippen molar-refractivity contribution in [3.63, 3.8) is 0 Å². The fraction of sp³-hybridized carbons (Fsp3) is 1.00. The summed E-state index contributed by atoms with van der Waals surface area (Å²) in [5.74, 6) is 1.15. The van der Waals surface area contributed by atoms with Gasteiger partial charge in [-0.25, -0.2) is 0 Å². The van der Waals surface area contributed by atoms with E-state index in [9.17, 15) is 0 Å². The van der Waals surface area contributed by atoms with E-state index in [1.807, 2.05) is 11.8 Å². The molecule has 0 aliphatic heterocycles. The first-order valence-electron chi connectivity index (χ1n) is 4.83. The first-order chi connectivity index (χ1) is 6.02. The molecule has 0 aromatic rings. The molecule has 0 fully saturated rings. The van der Waals surface area contributed by atoms with Gasteiger partial charge < -0.3 is 10.5 Å². The van der Waals surface area contributed by atoms with Crippen LogP contribution in [0.2, 0.25) is 0 Å². The largest absolute Gasteiger partial charge is 0.385 e. The maximum absolute atomic E-state index is 5.72. The predicted molar refractivity (Wildman–Crippen MR) is 61.2 cm³/mol. The maximum atomic E-state index is 5.72. The highest BCUT2D eigenvalue weighted by molar-refractivity contribution is 7.99. The van der Waals surface area contributed by atoms with Crippen LogP contribution in [0.3, 0.4) is 0 Å². The molecule has 2 nitrogen and oxygen atoms in total. The number of ether oxygens (including phenoxy) is 1. The third kappa shape index (κ3) is 6.36. The average molecular weight is 205 g/mol. The topological polar surface area (TPSA) is 35.2 Å². The monoisotopic (exact) mass is 205 g/mol. The van der Waals surface area contributed by atoms with Gasteiger partial charge >= 0.3 is 0 Å². The van der Waals surface area contributed by atoms with Crippen LogP contribution in [0.4, 0.5) is 0 Å². The van der Waals surface area contributed by atoms with E-state index in [4.69, 9.17) is 10.5 Å². The molecule has 0 aromatic heterocycles. The molecule has 0 radical (unpaired) electrons. The molecule has 80 valence electrons. The summed E-state index contributed by atoms with van der Waals surface area (Å²) in [5.41, 5.74) is 6.03. The lowest BCUT2D eigenvalue weighted by Gasteiger charge is -2.28. The van der Waals surface area contributed by atoms with Gasteiger partial charge in [0.2, 0.25) is 0 Å². The maximum Gasteiger partial charge on any atom is 0.0470 e. The van der Waals surface area contributed by atoms with Crippen LogP contribution in [-0.4, -0.2) is 31.3 Å². The van der Waals surface area contributed by atoms with Gasteiger partial charge in [-0.15, -0.1) is 0 Å². The van der Waals surface area contributed by atoms with Gasteiger partial charge in [-0.3, -0.25) is 0 Å². The summed E-state index contributed by atoms with van der Waals surface area (Å²) in [7, 11) is 1.74. The van der Waals surface area contributed by atoms with Gasteiger partial charge in [-0.1, -0.05) is 20.8 Å². The van der Waals surface area contributed by atoms with E-state index in [1.54, 1.807) is 7.11 Å². The first kappa shape index (κ1) is 13.3. The van der Waals surface area contributed by atoms with Crippen LogP contribution in [0.1, 0.15) is 27.2 Å². The Morgan fingerprint density at radius 2 is 2.00 bits per heavy atom. The Bertz CT molecular complexity index is 123. The minimum atomic E-state index is 0.312. The van der Waals surface area contributed by atoms with Crippen molar-refractivity contribution < 1.29 is 4.74 Å². The van der Waals surface area contributed by atoms with Gasteiger partial charge in [-0.05, 0) is 17.6 Å². The Labute approximate surface area is 86.6 Å². The molecule has 0 saturated heterocycles. The second-order valence-electron chi connectivity index (χ2n) is 4.31. The van der Waals surface area contributed by atoms with Crippen molar-refractivity contribution in [3.8, 4) is 0 Å². The molecular formula is C10H23NOS. The lowest BCUT2D eigenvalue weighted by molar-refractivity contribution is 0.200. The minimum Gasteiger partial charge on any atom is -0.385 e. The van der Waals surface area contributed by atoms with Crippen LogP contribution < -0.4 is 5.73 Å². The number of hydrogen-bond donors (Lipinski definition) is 1. The zero-order valence-electron chi connectivity index (χ0n) is 9.30. The summed E-state index contributed by atoms with van der Waals surface area (Å²) in [4.78, 5) is 0. The number of nitrogens with two attached hydrogens (primary N) is 1. The minimum absolute atomic E-state index is 0.312. The molecule has 1 atom stereocenters. The molecule has 0 aliphatic rings. The van der Waals surface area contributed by atoms with E-state index < -0.39 is 0 Å². The average Bonchev–Trinajstić information content (AvgIpc) is 2.02. The van der Waals surface area contributed by atoms with Gasteiger partial charge in [0.05, 0.1) is 0 Å². The highest BCUT2D eigenvalue weighted by atomic mass is 32.2. The molecular weight excluding hydrogens is 182 g/mol. The lowest BCUT2D eigenvalue weighted by atomic mass is 9.92. The standard InChI is InChI=1S/C10H23NOS/c1-10(2,3)9(8-11)13-7-5-6-12-4/h9H,5-8,11H2,1-4H3. The third-order valence-electron chi connectivity index (χ3n) is 1.99. The van der Waals surface area contributed by atoms with Crippen LogP contribution >= 0.6 is 11.8 Å². The van der Waals surface area contributed by atoms with Crippen LogP contribution in [0.25, 0.3) is 0 Å². The van der Waals surface area contributed by atoms with E-state index >= 15 is 0 Å². The summed E-state index contributed by atoms with van der Waals surface area (Å²) in [6, 6.07) is 0. The Morgan fingerprint density at radius 1 is 1.38 bits per heavy atom. The number of methoxy groups -OCH3 is 1. The lowest BCUT2D eigenvalue weighted by Crippen LogP contribution is -2.31. The van der Waals surface area contributed by atoms with Crippen molar-refractivity contribution in [2.75, 3.05) is 26.0 Å². The van der Waals surface area contributed by atoms with E-state index in [1.165, 1.54) is 0 Å².